The third-order valence-electron chi connectivity index (χ3n) is 4.18. The average molecular weight is 211 g/mol. The molecule has 0 bridgehead atoms. The minimum absolute atomic E-state index is 0.732. The molecule has 0 radical (unpaired) electrons. The van der Waals surface area contributed by atoms with Crippen molar-refractivity contribution < 1.29 is 4.74 Å². The molecule has 88 valence electrons. The highest BCUT2D eigenvalue weighted by molar-refractivity contribution is 4.78. The van der Waals surface area contributed by atoms with Crippen molar-refractivity contribution in [1.29, 1.82) is 0 Å². The lowest BCUT2D eigenvalue weighted by molar-refractivity contribution is 0.0649. The molecule has 0 aromatic carbocycles. The zero-order valence-electron chi connectivity index (χ0n) is 10.0. The molecule has 2 rings (SSSR count). The minimum atomic E-state index is 0.732. The van der Waals surface area contributed by atoms with Crippen LogP contribution in [-0.2, 0) is 4.74 Å². The molecular formula is C13H25NO. The van der Waals surface area contributed by atoms with E-state index < -0.39 is 0 Å². The van der Waals surface area contributed by atoms with Gasteiger partial charge in [0.15, 0.2) is 0 Å². The van der Waals surface area contributed by atoms with Gasteiger partial charge in [-0.3, -0.25) is 0 Å². The smallest absolute Gasteiger partial charge is 0.0469 e. The second kappa shape index (κ2) is 5.86. The van der Waals surface area contributed by atoms with Crippen LogP contribution in [0.15, 0.2) is 0 Å². The lowest BCUT2D eigenvalue weighted by atomic mass is 9.96. The molecule has 2 aliphatic rings. The maximum Gasteiger partial charge on any atom is 0.0469 e. The van der Waals surface area contributed by atoms with Crippen LogP contribution in [0.4, 0.5) is 0 Å². The number of nitrogens with one attached hydrogen (secondary N) is 1. The Labute approximate surface area is 93.8 Å². The summed E-state index contributed by atoms with van der Waals surface area (Å²) >= 11 is 0. The van der Waals surface area contributed by atoms with Crippen LogP contribution in [-0.4, -0.2) is 25.8 Å². The Morgan fingerprint density at radius 3 is 2.47 bits per heavy atom. The van der Waals surface area contributed by atoms with E-state index in [4.69, 9.17) is 4.74 Å². The fourth-order valence-corrected chi connectivity index (χ4v) is 2.93. The van der Waals surface area contributed by atoms with Crippen molar-refractivity contribution in [2.75, 3.05) is 19.8 Å². The first-order chi connectivity index (χ1) is 7.36. The van der Waals surface area contributed by atoms with Crippen molar-refractivity contribution in [3.63, 3.8) is 0 Å². The maximum atomic E-state index is 5.38. The largest absolute Gasteiger partial charge is 0.381 e. The lowest BCUT2D eigenvalue weighted by Crippen LogP contribution is -2.37. The van der Waals surface area contributed by atoms with Crippen LogP contribution in [0.2, 0.25) is 0 Å². The standard InChI is InChI=1S/C13H25NO/c1-11(13-4-2-3-5-13)14-10-12-6-8-15-9-7-12/h11-14H,2-10H2,1H3/t11-/m0/s1. The molecule has 2 nitrogen and oxygen atoms in total. The normalized spacial score (nSPS) is 27.0. The van der Waals surface area contributed by atoms with Gasteiger partial charge < -0.3 is 10.1 Å². The van der Waals surface area contributed by atoms with Crippen molar-refractivity contribution in [2.24, 2.45) is 11.8 Å². The zero-order valence-corrected chi connectivity index (χ0v) is 10.0. The summed E-state index contributed by atoms with van der Waals surface area (Å²) in [7, 11) is 0. The van der Waals surface area contributed by atoms with E-state index in [2.05, 4.69) is 12.2 Å². The second-order valence-corrected chi connectivity index (χ2v) is 5.30. The summed E-state index contributed by atoms with van der Waals surface area (Å²) in [5.74, 6) is 1.81. The van der Waals surface area contributed by atoms with Gasteiger partial charge in [-0.15, -0.1) is 0 Å². The van der Waals surface area contributed by atoms with Gasteiger partial charge >= 0.3 is 0 Å². The van der Waals surface area contributed by atoms with Crippen LogP contribution in [0.1, 0.15) is 45.4 Å². The van der Waals surface area contributed by atoms with Crippen LogP contribution >= 0.6 is 0 Å². The SMILES string of the molecule is C[C@H](NCC1CCOCC1)C1CCCC1. The lowest BCUT2D eigenvalue weighted by Gasteiger charge is -2.26. The van der Waals surface area contributed by atoms with Gasteiger partial charge in [-0.1, -0.05) is 12.8 Å². The van der Waals surface area contributed by atoms with Crippen LogP contribution in [0.3, 0.4) is 0 Å². The monoisotopic (exact) mass is 211 g/mol. The first-order valence-corrected chi connectivity index (χ1v) is 6.67. The van der Waals surface area contributed by atoms with E-state index >= 15 is 0 Å². The molecule has 2 fully saturated rings. The molecule has 1 aliphatic heterocycles. The molecular weight excluding hydrogens is 186 g/mol. The van der Waals surface area contributed by atoms with Crippen LogP contribution in [0.25, 0.3) is 0 Å². The molecule has 1 heterocycles. The molecule has 1 atom stereocenters. The molecule has 0 spiro atoms. The molecule has 1 saturated heterocycles. The zero-order chi connectivity index (χ0) is 10.5. The summed E-state index contributed by atoms with van der Waals surface area (Å²) in [5, 5.41) is 3.74. The van der Waals surface area contributed by atoms with Gasteiger partial charge in [-0.25, -0.2) is 0 Å². The van der Waals surface area contributed by atoms with E-state index in [1.54, 1.807) is 0 Å². The summed E-state index contributed by atoms with van der Waals surface area (Å²) in [6.45, 7) is 5.53. The predicted octanol–water partition coefficient (Wildman–Crippen LogP) is 2.58. The molecule has 1 N–H and O–H groups in total. The molecule has 0 aromatic rings. The Kier molecular flexibility index (Phi) is 4.45. The number of rotatable bonds is 4. The van der Waals surface area contributed by atoms with Gasteiger partial charge in [0, 0.05) is 19.3 Å². The van der Waals surface area contributed by atoms with Crippen molar-refractivity contribution in [3.8, 4) is 0 Å². The van der Waals surface area contributed by atoms with Gasteiger partial charge in [-0.05, 0) is 51.0 Å². The van der Waals surface area contributed by atoms with Crippen LogP contribution < -0.4 is 5.32 Å². The molecule has 0 amide bonds. The maximum absolute atomic E-state index is 5.38. The van der Waals surface area contributed by atoms with E-state index in [9.17, 15) is 0 Å². The van der Waals surface area contributed by atoms with Gasteiger partial charge in [0.1, 0.15) is 0 Å². The van der Waals surface area contributed by atoms with Gasteiger partial charge in [0.25, 0.3) is 0 Å². The Hall–Kier alpha value is -0.0800. The van der Waals surface area contributed by atoms with E-state index in [-0.39, 0.29) is 0 Å². The number of hydrogen-bond acceptors (Lipinski definition) is 2. The number of ether oxygens (including phenoxy) is 1. The number of hydrogen-bond donors (Lipinski definition) is 1. The molecule has 1 aliphatic carbocycles. The van der Waals surface area contributed by atoms with Gasteiger partial charge in [0.2, 0.25) is 0 Å². The Morgan fingerprint density at radius 2 is 1.80 bits per heavy atom. The van der Waals surface area contributed by atoms with Crippen molar-refractivity contribution >= 4 is 0 Å². The van der Waals surface area contributed by atoms with E-state index in [1.165, 1.54) is 45.1 Å². The summed E-state index contributed by atoms with van der Waals surface area (Å²) in [6.07, 6.45) is 8.31. The summed E-state index contributed by atoms with van der Waals surface area (Å²) in [6, 6.07) is 0.732. The van der Waals surface area contributed by atoms with E-state index in [0.717, 1.165) is 31.1 Å². The fraction of sp³-hybridized carbons (Fsp3) is 1.00. The quantitative estimate of drug-likeness (QED) is 0.771. The molecule has 1 saturated carbocycles. The first-order valence-electron chi connectivity index (χ1n) is 6.67. The molecule has 0 unspecified atom stereocenters. The highest BCUT2D eigenvalue weighted by Crippen LogP contribution is 2.27. The third-order valence-corrected chi connectivity index (χ3v) is 4.18. The fourth-order valence-electron chi connectivity index (χ4n) is 2.93. The van der Waals surface area contributed by atoms with Crippen LogP contribution in [0, 0.1) is 11.8 Å². The topological polar surface area (TPSA) is 21.3 Å². The molecule has 2 heteroatoms. The summed E-state index contributed by atoms with van der Waals surface area (Å²) in [4.78, 5) is 0. The molecule has 15 heavy (non-hydrogen) atoms. The van der Waals surface area contributed by atoms with Gasteiger partial charge in [0.05, 0.1) is 0 Å². The molecule has 0 aromatic heterocycles. The summed E-state index contributed by atoms with van der Waals surface area (Å²) in [5.41, 5.74) is 0. The van der Waals surface area contributed by atoms with E-state index in [1.807, 2.05) is 0 Å². The highest BCUT2D eigenvalue weighted by atomic mass is 16.5. The Balaban J connectivity index is 1.63. The summed E-state index contributed by atoms with van der Waals surface area (Å²) < 4.78 is 5.38. The minimum Gasteiger partial charge on any atom is -0.381 e. The Morgan fingerprint density at radius 1 is 1.13 bits per heavy atom. The van der Waals surface area contributed by atoms with Crippen molar-refractivity contribution in [3.05, 3.63) is 0 Å². The second-order valence-electron chi connectivity index (χ2n) is 5.30. The van der Waals surface area contributed by atoms with Crippen molar-refractivity contribution in [1.82, 2.24) is 5.32 Å². The third kappa shape index (κ3) is 3.46. The Bertz CT molecular complexity index is 171. The van der Waals surface area contributed by atoms with E-state index in [0.29, 0.717) is 0 Å². The first kappa shape index (κ1) is 11.4. The van der Waals surface area contributed by atoms with Crippen LogP contribution in [0.5, 0.6) is 0 Å². The highest BCUT2D eigenvalue weighted by Gasteiger charge is 2.22. The predicted molar refractivity (Wildman–Crippen MR) is 63.0 cm³/mol. The van der Waals surface area contributed by atoms with Crippen molar-refractivity contribution in [2.45, 2.75) is 51.5 Å². The average Bonchev–Trinajstić information content (AvgIpc) is 2.81. The van der Waals surface area contributed by atoms with Gasteiger partial charge in [-0.2, -0.15) is 0 Å².